The van der Waals surface area contributed by atoms with Gasteiger partial charge >= 0.3 is 5.69 Å². The molecule has 0 N–H and O–H groups in total. The predicted molar refractivity (Wildman–Crippen MR) is 84.7 cm³/mol. The lowest BCUT2D eigenvalue weighted by Crippen LogP contribution is -2.41. The lowest BCUT2D eigenvalue weighted by Gasteiger charge is -2.08. The summed E-state index contributed by atoms with van der Waals surface area (Å²) in [5.41, 5.74) is -1.16. The van der Waals surface area contributed by atoms with Crippen LogP contribution in [-0.4, -0.2) is 19.3 Å². The van der Waals surface area contributed by atoms with Crippen molar-refractivity contribution in [3.05, 3.63) is 55.9 Å². The van der Waals surface area contributed by atoms with Gasteiger partial charge < -0.3 is 4.52 Å². The molecule has 1 aliphatic carbocycles. The molecule has 1 saturated carbocycles. The van der Waals surface area contributed by atoms with E-state index in [1.54, 1.807) is 0 Å². The van der Waals surface area contributed by atoms with Crippen molar-refractivity contribution in [1.82, 2.24) is 19.3 Å². The van der Waals surface area contributed by atoms with Crippen molar-refractivity contribution in [1.29, 1.82) is 5.26 Å². The Kier molecular flexibility index (Phi) is 3.39. The van der Waals surface area contributed by atoms with Crippen LogP contribution >= 0.6 is 11.3 Å². The fraction of sp³-hybridized carbons (Fsp3) is 0.267. The fourth-order valence-corrected chi connectivity index (χ4v) is 3.06. The van der Waals surface area contributed by atoms with Crippen molar-refractivity contribution in [2.45, 2.75) is 25.4 Å². The molecule has 8 nitrogen and oxygen atoms in total. The molecule has 3 aromatic rings. The van der Waals surface area contributed by atoms with Crippen molar-refractivity contribution in [2.24, 2.45) is 0 Å². The Morgan fingerprint density at radius 3 is 2.92 bits per heavy atom. The van der Waals surface area contributed by atoms with E-state index in [9.17, 15) is 9.59 Å². The lowest BCUT2D eigenvalue weighted by molar-refractivity contribution is 0.419. The normalized spacial score (nSPS) is 13.8. The van der Waals surface area contributed by atoms with Crippen LogP contribution in [0, 0.1) is 11.3 Å². The van der Waals surface area contributed by atoms with Crippen LogP contribution in [0.4, 0.5) is 0 Å². The van der Waals surface area contributed by atoms with Crippen LogP contribution in [0.1, 0.15) is 30.3 Å². The highest BCUT2D eigenvalue weighted by Crippen LogP contribution is 2.33. The summed E-state index contributed by atoms with van der Waals surface area (Å²) in [6.07, 6.45) is 3.08. The molecular weight excluding hydrogens is 330 g/mol. The Morgan fingerprint density at radius 2 is 2.25 bits per heavy atom. The third-order valence-corrected chi connectivity index (χ3v) is 4.61. The van der Waals surface area contributed by atoms with Crippen LogP contribution in [0.3, 0.4) is 0 Å². The maximum atomic E-state index is 12.5. The minimum absolute atomic E-state index is 0.0587. The number of aromatic nitrogens is 4. The summed E-state index contributed by atoms with van der Waals surface area (Å²) in [5.74, 6) is 0.557. The van der Waals surface area contributed by atoms with Gasteiger partial charge in [0, 0.05) is 12.2 Å². The van der Waals surface area contributed by atoms with Gasteiger partial charge in [-0.3, -0.25) is 13.9 Å². The zero-order valence-electron chi connectivity index (χ0n) is 12.4. The van der Waals surface area contributed by atoms with Crippen molar-refractivity contribution < 1.29 is 4.52 Å². The van der Waals surface area contributed by atoms with Gasteiger partial charge in [0.1, 0.15) is 11.6 Å². The van der Waals surface area contributed by atoms with Crippen LogP contribution < -0.4 is 11.2 Å². The van der Waals surface area contributed by atoms with Crippen molar-refractivity contribution in [3.63, 3.8) is 0 Å². The largest absolute Gasteiger partial charge is 0.333 e. The number of nitrogens with zero attached hydrogens (tertiary/aromatic N) is 5. The fourth-order valence-electron chi connectivity index (χ4n) is 2.41. The molecular formula is C15H11N5O3S. The second-order valence-electron chi connectivity index (χ2n) is 5.46. The molecule has 24 heavy (non-hydrogen) atoms. The highest BCUT2D eigenvalue weighted by Gasteiger charge is 2.27. The third kappa shape index (κ3) is 2.47. The van der Waals surface area contributed by atoms with E-state index in [4.69, 9.17) is 9.78 Å². The van der Waals surface area contributed by atoms with E-state index in [-0.39, 0.29) is 24.0 Å². The summed E-state index contributed by atoms with van der Waals surface area (Å²) in [6, 6.07) is 5.60. The van der Waals surface area contributed by atoms with E-state index in [0.717, 1.165) is 22.3 Å². The summed E-state index contributed by atoms with van der Waals surface area (Å²) in [6.45, 7) is -0.130. The SMILES string of the molecule is N#Cc1cn(C2CC2)c(=O)n(Cc2noc(-c3cccs3)n2)c1=O. The highest BCUT2D eigenvalue weighted by molar-refractivity contribution is 7.13. The van der Waals surface area contributed by atoms with Gasteiger partial charge in [0.05, 0.1) is 11.4 Å². The Bertz CT molecular complexity index is 1050. The quantitative estimate of drug-likeness (QED) is 0.709. The molecule has 1 aliphatic rings. The topological polar surface area (TPSA) is 107 Å². The molecule has 0 amide bonds. The van der Waals surface area contributed by atoms with E-state index in [2.05, 4.69) is 10.1 Å². The van der Waals surface area contributed by atoms with E-state index in [1.165, 1.54) is 22.1 Å². The zero-order chi connectivity index (χ0) is 16.7. The molecule has 0 aliphatic heterocycles. The summed E-state index contributed by atoms with van der Waals surface area (Å²) in [4.78, 5) is 29.8. The van der Waals surface area contributed by atoms with Gasteiger partial charge in [-0.05, 0) is 24.3 Å². The molecule has 0 radical (unpaired) electrons. The average Bonchev–Trinajstić information content (AvgIpc) is 3.09. The first kappa shape index (κ1) is 14.6. The van der Waals surface area contributed by atoms with Crippen LogP contribution in [0.15, 0.2) is 37.8 Å². The molecule has 120 valence electrons. The van der Waals surface area contributed by atoms with Gasteiger partial charge in [0.25, 0.3) is 11.4 Å². The number of rotatable bonds is 4. The number of hydrogen-bond donors (Lipinski definition) is 0. The highest BCUT2D eigenvalue weighted by atomic mass is 32.1. The molecule has 0 saturated heterocycles. The molecule has 0 spiro atoms. The zero-order valence-corrected chi connectivity index (χ0v) is 13.2. The Balaban J connectivity index is 1.75. The van der Waals surface area contributed by atoms with Crippen molar-refractivity contribution in [2.75, 3.05) is 0 Å². The Hall–Kier alpha value is -2.99. The molecule has 3 aromatic heterocycles. The van der Waals surface area contributed by atoms with E-state index in [0.29, 0.717) is 5.89 Å². The van der Waals surface area contributed by atoms with Crippen molar-refractivity contribution in [3.8, 4) is 16.8 Å². The first-order valence-electron chi connectivity index (χ1n) is 7.30. The monoisotopic (exact) mass is 341 g/mol. The molecule has 3 heterocycles. The first-order chi connectivity index (χ1) is 11.7. The maximum absolute atomic E-state index is 12.5. The molecule has 0 aromatic carbocycles. The summed E-state index contributed by atoms with van der Waals surface area (Å²) < 4.78 is 7.60. The van der Waals surface area contributed by atoms with Gasteiger partial charge in [-0.2, -0.15) is 10.2 Å². The van der Waals surface area contributed by atoms with Gasteiger partial charge in [-0.1, -0.05) is 11.2 Å². The van der Waals surface area contributed by atoms with Gasteiger partial charge in [-0.25, -0.2) is 4.79 Å². The number of thiophene rings is 1. The van der Waals surface area contributed by atoms with Crippen LogP contribution in [0.2, 0.25) is 0 Å². The van der Waals surface area contributed by atoms with Crippen molar-refractivity contribution >= 4 is 11.3 Å². The third-order valence-electron chi connectivity index (χ3n) is 3.76. The maximum Gasteiger partial charge on any atom is 0.331 e. The minimum atomic E-state index is -0.637. The molecule has 1 fully saturated rings. The summed E-state index contributed by atoms with van der Waals surface area (Å²) >= 11 is 1.45. The summed E-state index contributed by atoms with van der Waals surface area (Å²) in [7, 11) is 0. The molecule has 0 bridgehead atoms. The van der Waals surface area contributed by atoms with Crippen LogP contribution in [0.5, 0.6) is 0 Å². The Morgan fingerprint density at radius 1 is 1.42 bits per heavy atom. The van der Waals surface area contributed by atoms with E-state index in [1.807, 2.05) is 23.6 Å². The molecule has 0 atom stereocenters. The van der Waals surface area contributed by atoms with E-state index >= 15 is 0 Å². The van der Waals surface area contributed by atoms with Gasteiger partial charge in [-0.15, -0.1) is 11.3 Å². The molecule has 4 rings (SSSR count). The second-order valence-corrected chi connectivity index (χ2v) is 6.41. The standard InChI is InChI=1S/C15H11N5O3S/c16-6-9-7-19(10-3-4-10)15(22)20(14(9)21)8-12-17-13(23-18-12)11-2-1-5-24-11/h1-2,5,7,10H,3-4,8H2. The lowest BCUT2D eigenvalue weighted by atomic mass is 10.3. The average molecular weight is 341 g/mol. The van der Waals surface area contributed by atoms with Crippen LogP contribution in [-0.2, 0) is 6.54 Å². The second kappa shape index (κ2) is 5.58. The number of nitriles is 1. The molecule has 9 heteroatoms. The summed E-state index contributed by atoms with van der Waals surface area (Å²) in [5, 5.41) is 14.8. The Labute approximate surface area is 139 Å². The van der Waals surface area contributed by atoms with Crippen LogP contribution in [0.25, 0.3) is 10.8 Å². The smallest absolute Gasteiger partial charge is 0.331 e. The minimum Gasteiger partial charge on any atom is -0.333 e. The first-order valence-corrected chi connectivity index (χ1v) is 8.18. The van der Waals surface area contributed by atoms with Gasteiger partial charge in [0.15, 0.2) is 5.82 Å². The predicted octanol–water partition coefficient (Wildman–Crippen LogP) is 1.38. The number of hydrogen-bond acceptors (Lipinski definition) is 7. The molecule has 0 unspecified atom stereocenters. The van der Waals surface area contributed by atoms with Gasteiger partial charge in [0.2, 0.25) is 0 Å². The van der Waals surface area contributed by atoms with E-state index < -0.39 is 11.2 Å².